The quantitative estimate of drug-likeness (QED) is 0.862. The Morgan fingerprint density at radius 1 is 1.39 bits per heavy atom. The van der Waals surface area contributed by atoms with Crippen molar-refractivity contribution in [3.8, 4) is 5.75 Å². The first-order valence-corrected chi connectivity index (χ1v) is 6.75. The molecule has 1 fully saturated rings. The van der Waals surface area contributed by atoms with E-state index in [2.05, 4.69) is 5.32 Å². The molecule has 1 aliphatic carbocycles. The molecule has 1 saturated carbocycles. The van der Waals surface area contributed by atoms with E-state index in [1.165, 1.54) is 38.9 Å². The minimum atomic E-state index is -0.294. The van der Waals surface area contributed by atoms with Crippen molar-refractivity contribution in [1.29, 1.82) is 0 Å². The highest BCUT2D eigenvalue weighted by Crippen LogP contribution is 2.34. The largest absolute Gasteiger partial charge is 0.494 e. The van der Waals surface area contributed by atoms with Crippen molar-refractivity contribution in [2.75, 3.05) is 14.2 Å². The van der Waals surface area contributed by atoms with Crippen LogP contribution in [0.4, 0.5) is 4.39 Å². The summed E-state index contributed by atoms with van der Waals surface area (Å²) in [5.74, 6) is 0.842. The Hall–Kier alpha value is -1.09. The van der Waals surface area contributed by atoms with Gasteiger partial charge in [0.1, 0.15) is 0 Å². The van der Waals surface area contributed by atoms with Crippen LogP contribution in [0.1, 0.15) is 43.7 Å². The third-order valence-electron chi connectivity index (χ3n) is 3.97. The number of halogens is 1. The molecule has 100 valence electrons. The first-order chi connectivity index (χ1) is 8.74. The third-order valence-corrected chi connectivity index (χ3v) is 3.97. The second kappa shape index (κ2) is 6.19. The van der Waals surface area contributed by atoms with E-state index in [1.54, 1.807) is 0 Å². The number of ether oxygens (including phenoxy) is 1. The fourth-order valence-electron chi connectivity index (χ4n) is 2.89. The van der Waals surface area contributed by atoms with E-state index in [0.29, 0.717) is 11.8 Å². The minimum Gasteiger partial charge on any atom is -0.494 e. The fraction of sp³-hybridized carbons (Fsp3) is 0.600. The molecule has 1 aromatic rings. The summed E-state index contributed by atoms with van der Waals surface area (Å²) in [4.78, 5) is 0. The van der Waals surface area contributed by atoms with Gasteiger partial charge in [0.15, 0.2) is 11.6 Å². The molecule has 18 heavy (non-hydrogen) atoms. The van der Waals surface area contributed by atoms with Crippen LogP contribution in [0.25, 0.3) is 0 Å². The Morgan fingerprint density at radius 2 is 2.11 bits per heavy atom. The average Bonchev–Trinajstić information content (AvgIpc) is 2.89. The lowest BCUT2D eigenvalue weighted by Crippen LogP contribution is -2.19. The van der Waals surface area contributed by atoms with Crippen molar-refractivity contribution < 1.29 is 9.13 Å². The highest BCUT2D eigenvalue weighted by atomic mass is 19.1. The molecule has 0 heterocycles. The molecule has 0 amide bonds. The van der Waals surface area contributed by atoms with Gasteiger partial charge in [-0.05, 0) is 37.1 Å². The second-order valence-electron chi connectivity index (χ2n) is 5.12. The third kappa shape index (κ3) is 3.02. The van der Waals surface area contributed by atoms with Crippen molar-refractivity contribution in [2.24, 2.45) is 5.92 Å². The summed E-state index contributed by atoms with van der Waals surface area (Å²) in [5.41, 5.74) is 1.11. The summed E-state index contributed by atoms with van der Waals surface area (Å²) < 4.78 is 18.4. The van der Waals surface area contributed by atoms with Crippen LogP contribution >= 0.6 is 0 Å². The monoisotopic (exact) mass is 251 g/mol. The zero-order valence-electron chi connectivity index (χ0n) is 11.2. The molecule has 0 aliphatic heterocycles. The van der Waals surface area contributed by atoms with Crippen molar-refractivity contribution in [3.05, 3.63) is 29.6 Å². The Labute approximate surface area is 109 Å². The van der Waals surface area contributed by atoms with Crippen LogP contribution in [0.3, 0.4) is 0 Å². The van der Waals surface area contributed by atoms with E-state index >= 15 is 0 Å². The van der Waals surface area contributed by atoms with Crippen LogP contribution in [0.15, 0.2) is 18.2 Å². The van der Waals surface area contributed by atoms with Crippen LogP contribution in [0.2, 0.25) is 0 Å². The van der Waals surface area contributed by atoms with Crippen molar-refractivity contribution in [3.63, 3.8) is 0 Å². The standard InChI is InChI=1S/C15H22FNO/c1-17-14(9-11-5-3-4-6-11)12-7-8-13(16)15(10-12)18-2/h7-8,10-11,14,17H,3-6,9H2,1-2H3. The maximum Gasteiger partial charge on any atom is 0.165 e. The zero-order chi connectivity index (χ0) is 13.0. The van der Waals surface area contributed by atoms with Gasteiger partial charge in [0.2, 0.25) is 0 Å². The van der Waals surface area contributed by atoms with Gasteiger partial charge in [-0.3, -0.25) is 0 Å². The summed E-state index contributed by atoms with van der Waals surface area (Å²) >= 11 is 0. The maximum atomic E-state index is 13.4. The van der Waals surface area contributed by atoms with E-state index in [0.717, 1.165) is 17.9 Å². The Morgan fingerprint density at radius 3 is 2.72 bits per heavy atom. The predicted molar refractivity (Wildman–Crippen MR) is 71.3 cm³/mol. The van der Waals surface area contributed by atoms with Crippen LogP contribution in [0.5, 0.6) is 5.75 Å². The first kappa shape index (κ1) is 13.3. The summed E-state index contributed by atoms with van der Waals surface area (Å²) in [7, 11) is 3.48. The molecule has 1 unspecified atom stereocenters. The van der Waals surface area contributed by atoms with E-state index in [-0.39, 0.29) is 5.82 Å². The van der Waals surface area contributed by atoms with Gasteiger partial charge < -0.3 is 10.1 Å². The van der Waals surface area contributed by atoms with Crippen molar-refractivity contribution in [1.82, 2.24) is 5.32 Å². The molecule has 0 saturated heterocycles. The average molecular weight is 251 g/mol. The SMILES string of the molecule is CNC(CC1CCCC1)c1ccc(F)c(OC)c1. The van der Waals surface area contributed by atoms with Gasteiger partial charge in [0.25, 0.3) is 0 Å². The van der Waals surface area contributed by atoms with Crippen LogP contribution in [-0.2, 0) is 0 Å². The summed E-state index contributed by atoms with van der Waals surface area (Å²) in [6.07, 6.45) is 6.50. The number of hydrogen-bond donors (Lipinski definition) is 1. The number of rotatable bonds is 5. The number of nitrogens with one attached hydrogen (secondary N) is 1. The first-order valence-electron chi connectivity index (χ1n) is 6.75. The van der Waals surface area contributed by atoms with E-state index < -0.39 is 0 Å². The molecule has 1 aliphatic rings. The molecule has 0 spiro atoms. The van der Waals surface area contributed by atoms with Gasteiger partial charge in [-0.15, -0.1) is 0 Å². The molecule has 0 radical (unpaired) electrons. The molecule has 2 nitrogen and oxygen atoms in total. The molecule has 1 N–H and O–H groups in total. The second-order valence-corrected chi connectivity index (χ2v) is 5.12. The lowest BCUT2D eigenvalue weighted by molar-refractivity contribution is 0.381. The van der Waals surface area contributed by atoms with Crippen molar-refractivity contribution in [2.45, 2.75) is 38.1 Å². The van der Waals surface area contributed by atoms with Crippen LogP contribution < -0.4 is 10.1 Å². The van der Waals surface area contributed by atoms with Gasteiger partial charge >= 0.3 is 0 Å². The fourth-order valence-corrected chi connectivity index (χ4v) is 2.89. The molecule has 0 aromatic heterocycles. The molecule has 3 heteroatoms. The van der Waals surface area contributed by atoms with E-state index in [9.17, 15) is 4.39 Å². The Kier molecular flexibility index (Phi) is 4.59. The highest BCUT2D eigenvalue weighted by Gasteiger charge is 2.21. The summed E-state index contributed by atoms with van der Waals surface area (Å²) in [5, 5.41) is 3.34. The maximum absolute atomic E-state index is 13.4. The zero-order valence-corrected chi connectivity index (χ0v) is 11.2. The van der Waals surface area contributed by atoms with Gasteiger partial charge in [-0.25, -0.2) is 4.39 Å². The van der Waals surface area contributed by atoms with Gasteiger partial charge in [0.05, 0.1) is 7.11 Å². The predicted octanol–water partition coefficient (Wildman–Crippen LogP) is 3.68. The van der Waals surface area contributed by atoms with E-state index in [4.69, 9.17) is 4.74 Å². The molecule has 1 aromatic carbocycles. The molecule has 1 atom stereocenters. The number of hydrogen-bond acceptors (Lipinski definition) is 2. The lowest BCUT2D eigenvalue weighted by Gasteiger charge is -2.21. The number of benzene rings is 1. The van der Waals surface area contributed by atoms with Crippen LogP contribution in [-0.4, -0.2) is 14.2 Å². The van der Waals surface area contributed by atoms with Crippen LogP contribution in [0, 0.1) is 11.7 Å². The molecular weight excluding hydrogens is 229 g/mol. The highest BCUT2D eigenvalue weighted by molar-refractivity contribution is 5.32. The molecular formula is C15H22FNO. The minimum absolute atomic E-state index is 0.294. The van der Waals surface area contributed by atoms with Crippen molar-refractivity contribution >= 4 is 0 Å². The Bertz CT molecular complexity index is 388. The van der Waals surface area contributed by atoms with Gasteiger partial charge in [-0.2, -0.15) is 0 Å². The Balaban J connectivity index is 2.10. The smallest absolute Gasteiger partial charge is 0.165 e. The normalized spacial score (nSPS) is 17.9. The lowest BCUT2D eigenvalue weighted by atomic mass is 9.93. The molecule has 0 bridgehead atoms. The van der Waals surface area contributed by atoms with Gasteiger partial charge in [-0.1, -0.05) is 31.7 Å². The topological polar surface area (TPSA) is 21.3 Å². The summed E-state index contributed by atoms with van der Waals surface area (Å²) in [6.45, 7) is 0. The summed E-state index contributed by atoms with van der Waals surface area (Å²) in [6, 6.07) is 5.45. The molecule has 2 rings (SSSR count). The van der Waals surface area contributed by atoms with Gasteiger partial charge in [0, 0.05) is 6.04 Å². The number of methoxy groups -OCH3 is 1. The van der Waals surface area contributed by atoms with E-state index in [1.807, 2.05) is 19.2 Å².